The molecule has 0 rings (SSSR count). The van der Waals surface area contributed by atoms with E-state index in [0.717, 1.165) is 37.8 Å². The number of hydrogen-bond donors (Lipinski definition) is 1. The minimum atomic E-state index is 0.786. The fourth-order valence-corrected chi connectivity index (χ4v) is 1.39. The maximum Gasteiger partial charge on any atom is 0.168 e. The molecule has 4 heteroatoms. The van der Waals surface area contributed by atoms with E-state index < -0.39 is 0 Å². The van der Waals surface area contributed by atoms with Gasteiger partial charge in [-0.15, -0.1) is 0 Å². The Morgan fingerprint density at radius 2 is 2.00 bits per heavy atom. The van der Waals surface area contributed by atoms with Crippen LogP contribution in [0, 0.1) is 0 Å². The number of methoxy groups -OCH3 is 1. The van der Waals surface area contributed by atoms with Crippen LogP contribution in [0.15, 0.2) is 0 Å². The first-order chi connectivity index (χ1) is 6.26. The molecule has 0 aliphatic rings. The van der Waals surface area contributed by atoms with Crippen molar-refractivity contribution in [3.05, 3.63) is 0 Å². The summed E-state index contributed by atoms with van der Waals surface area (Å²) in [5, 5.41) is 4.05. The van der Waals surface area contributed by atoms with Crippen LogP contribution in [0.3, 0.4) is 0 Å². The van der Waals surface area contributed by atoms with Crippen molar-refractivity contribution in [2.24, 2.45) is 0 Å². The van der Waals surface area contributed by atoms with E-state index in [9.17, 15) is 0 Å². The molecule has 0 amide bonds. The van der Waals surface area contributed by atoms with E-state index in [2.05, 4.69) is 24.1 Å². The lowest BCUT2D eigenvalue weighted by atomic mass is 10.4. The highest BCUT2D eigenvalue weighted by Crippen LogP contribution is 1.89. The number of ether oxygens (including phenoxy) is 1. The summed E-state index contributed by atoms with van der Waals surface area (Å²) < 4.78 is 4.94. The molecule has 3 nitrogen and oxygen atoms in total. The third-order valence-electron chi connectivity index (χ3n) is 1.85. The van der Waals surface area contributed by atoms with Crippen molar-refractivity contribution in [1.29, 1.82) is 0 Å². The SMILES string of the molecule is CCN(CC)C(=S)NCCCOC. The maximum absolute atomic E-state index is 5.20. The summed E-state index contributed by atoms with van der Waals surface area (Å²) >= 11 is 5.20. The minimum Gasteiger partial charge on any atom is -0.385 e. The molecule has 0 spiro atoms. The molecule has 0 fully saturated rings. The Bertz CT molecular complexity index is 138. The predicted molar refractivity (Wildman–Crippen MR) is 60.0 cm³/mol. The summed E-state index contributed by atoms with van der Waals surface area (Å²) in [4.78, 5) is 2.13. The van der Waals surface area contributed by atoms with Crippen LogP contribution in [0.25, 0.3) is 0 Å². The van der Waals surface area contributed by atoms with Gasteiger partial charge in [-0.3, -0.25) is 0 Å². The number of nitrogens with one attached hydrogen (secondary N) is 1. The normalized spacial score (nSPS) is 9.77. The number of hydrogen-bond acceptors (Lipinski definition) is 2. The average Bonchev–Trinajstić information content (AvgIpc) is 2.14. The van der Waals surface area contributed by atoms with Crippen molar-refractivity contribution in [3.63, 3.8) is 0 Å². The van der Waals surface area contributed by atoms with Gasteiger partial charge < -0.3 is 15.0 Å². The minimum absolute atomic E-state index is 0.786. The van der Waals surface area contributed by atoms with Crippen LogP contribution in [-0.4, -0.2) is 43.4 Å². The molecule has 0 bridgehead atoms. The van der Waals surface area contributed by atoms with Gasteiger partial charge in [0.25, 0.3) is 0 Å². The van der Waals surface area contributed by atoms with Gasteiger partial charge in [-0.1, -0.05) is 0 Å². The molecule has 0 saturated heterocycles. The van der Waals surface area contributed by atoms with Crippen LogP contribution in [0.2, 0.25) is 0 Å². The van der Waals surface area contributed by atoms with Gasteiger partial charge in [-0.25, -0.2) is 0 Å². The molecular formula is C9H20N2OS. The van der Waals surface area contributed by atoms with E-state index >= 15 is 0 Å². The van der Waals surface area contributed by atoms with Crippen LogP contribution < -0.4 is 5.32 Å². The summed E-state index contributed by atoms with van der Waals surface area (Å²) in [7, 11) is 1.71. The lowest BCUT2D eigenvalue weighted by Gasteiger charge is -2.22. The average molecular weight is 204 g/mol. The van der Waals surface area contributed by atoms with Gasteiger partial charge >= 0.3 is 0 Å². The maximum atomic E-state index is 5.20. The molecule has 0 aromatic heterocycles. The van der Waals surface area contributed by atoms with Crippen LogP contribution >= 0.6 is 12.2 Å². The Morgan fingerprint density at radius 3 is 2.46 bits per heavy atom. The van der Waals surface area contributed by atoms with Gasteiger partial charge in [0.15, 0.2) is 5.11 Å². The van der Waals surface area contributed by atoms with E-state index in [1.54, 1.807) is 7.11 Å². The second-order valence-corrected chi connectivity index (χ2v) is 3.14. The number of rotatable bonds is 6. The second-order valence-electron chi connectivity index (χ2n) is 2.75. The summed E-state index contributed by atoms with van der Waals surface area (Å²) in [6.45, 7) is 7.82. The monoisotopic (exact) mass is 204 g/mol. The van der Waals surface area contributed by atoms with Gasteiger partial charge in [0, 0.05) is 33.4 Å². The third-order valence-corrected chi connectivity index (χ3v) is 2.25. The van der Waals surface area contributed by atoms with Crippen LogP contribution in [0.4, 0.5) is 0 Å². The van der Waals surface area contributed by atoms with Gasteiger partial charge in [0.05, 0.1) is 0 Å². The number of thiocarbonyl (C=S) groups is 1. The molecule has 0 atom stereocenters. The van der Waals surface area contributed by atoms with Crippen molar-refractivity contribution in [1.82, 2.24) is 10.2 Å². The summed E-state index contributed by atoms with van der Waals surface area (Å²) in [5.74, 6) is 0. The summed E-state index contributed by atoms with van der Waals surface area (Å²) in [6.07, 6.45) is 0.998. The van der Waals surface area contributed by atoms with Crippen LogP contribution in [0.5, 0.6) is 0 Å². The van der Waals surface area contributed by atoms with E-state index in [4.69, 9.17) is 17.0 Å². The second kappa shape index (κ2) is 8.26. The Kier molecular flexibility index (Phi) is 8.04. The Morgan fingerprint density at radius 1 is 1.38 bits per heavy atom. The molecule has 0 aromatic carbocycles. The zero-order valence-corrected chi connectivity index (χ0v) is 9.62. The molecule has 0 aliphatic carbocycles. The summed E-state index contributed by atoms with van der Waals surface area (Å²) in [6, 6.07) is 0. The van der Waals surface area contributed by atoms with Gasteiger partial charge in [0.2, 0.25) is 0 Å². The standard InChI is InChI=1S/C9H20N2OS/c1-4-11(5-2)9(13)10-7-6-8-12-3/h4-8H2,1-3H3,(H,10,13). The smallest absolute Gasteiger partial charge is 0.168 e. The molecule has 78 valence electrons. The van der Waals surface area contributed by atoms with Gasteiger partial charge in [0.1, 0.15) is 0 Å². The molecular weight excluding hydrogens is 184 g/mol. The highest BCUT2D eigenvalue weighted by atomic mass is 32.1. The van der Waals surface area contributed by atoms with Crippen LogP contribution in [-0.2, 0) is 4.74 Å². The van der Waals surface area contributed by atoms with Crippen molar-refractivity contribution in [2.45, 2.75) is 20.3 Å². The lowest BCUT2D eigenvalue weighted by molar-refractivity contribution is 0.195. The van der Waals surface area contributed by atoms with Gasteiger partial charge in [-0.2, -0.15) is 0 Å². The highest BCUT2D eigenvalue weighted by molar-refractivity contribution is 7.80. The first kappa shape index (κ1) is 12.7. The van der Waals surface area contributed by atoms with Gasteiger partial charge in [-0.05, 0) is 32.5 Å². The van der Waals surface area contributed by atoms with Crippen molar-refractivity contribution in [3.8, 4) is 0 Å². The topological polar surface area (TPSA) is 24.5 Å². The van der Waals surface area contributed by atoms with E-state index in [1.807, 2.05) is 0 Å². The first-order valence-corrected chi connectivity index (χ1v) is 5.18. The summed E-state index contributed by atoms with van der Waals surface area (Å²) in [5.41, 5.74) is 0. The number of nitrogens with zero attached hydrogens (tertiary/aromatic N) is 1. The molecule has 1 N–H and O–H groups in total. The van der Waals surface area contributed by atoms with E-state index in [0.29, 0.717) is 0 Å². The molecule has 0 aromatic rings. The van der Waals surface area contributed by atoms with Crippen LogP contribution in [0.1, 0.15) is 20.3 Å². The highest BCUT2D eigenvalue weighted by Gasteiger charge is 2.02. The third kappa shape index (κ3) is 5.82. The molecule has 0 saturated carbocycles. The van der Waals surface area contributed by atoms with E-state index in [-0.39, 0.29) is 0 Å². The fourth-order valence-electron chi connectivity index (χ4n) is 1.03. The first-order valence-electron chi connectivity index (χ1n) is 4.77. The largest absolute Gasteiger partial charge is 0.385 e. The quantitative estimate of drug-likeness (QED) is 0.520. The Hall–Kier alpha value is -0.350. The zero-order valence-electron chi connectivity index (χ0n) is 8.80. The van der Waals surface area contributed by atoms with E-state index in [1.165, 1.54) is 0 Å². The lowest BCUT2D eigenvalue weighted by Crippen LogP contribution is -2.39. The Balaban J connectivity index is 3.48. The predicted octanol–water partition coefficient (Wildman–Crippen LogP) is 1.24. The molecule has 0 heterocycles. The molecule has 0 unspecified atom stereocenters. The van der Waals surface area contributed by atoms with Crippen molar-refractivity contribution in [2.75, 3.05) is 33.4 Å². The Labute approximate surface area is 86.4 Å². The van der Waals surface area contributed by atoms with Crippen molar-refractivity contribution < 1.29 is 4.74 Å². The molecule has 13 heavy (non-hydrogen) atoms. The molecule has 0 radical (unpaired) electrons. The zero-order chi connectivity index (χ0) is 10.1. The molecule has 0 aliphatic heterocycles. The van der Waals surface area contributed by atoms with Crippen molar-refractivity contribution >= 4 is 17.3 Å². The fraction of sp³-hybridized carbons (Fsp3) is 0.889.